The van der Waals surface area contributed by atoms with Gasteiger partial charge in [0.2, 0.25) is 0 Å². The maximum Gasteiger partial charge on any atom is 0.322 e. The van der Waals surface area contributed by atoms with Crippen molar-refractivity contribution in [2.24, 2.45) is 0 Å². The minimum atomic E-state index is -0.0321. The van der Waals surface area contributed by atoms with Crippen molar-refractivity contribution in [3.05, 3.63) is 47.0 Å². The molecule has 1 fully saturated rings. The standard InChI is InChI=1S/C26H32N4O3/c1-17(2)21-15-22(24(32)16-23(21)31)25-27-28-26(33-13-12-29-10-3-4-11-29)30(25)20-9-8-18-6-5-7-19(18)14-20/h8-9,14-17,31-32H,3-7,10-13H2,1-2H3. The van der Waals surface area contributed by atoms with Crippen molar-refractivity contribution < 1.29 is 14.9 Å². The second-order valence-electron chi connectivity index (χ2n) is 9.43. The van der Waals surface area contributed by atoms with E-state index in [9.17, 15) is 10.2 Å². The lowest BCUT2D eigenvalue weighted by atomic mass is 9.98. The third-order valence-electron chi connectivity index (χ3n) is 6.82. The van der Waals surface area contributed by atoms with Crippen LogP contribution in [-0.2, 0) is 12.8 Å². The number of ether oxygens (including phenoxy) is 1. The fourth-order valence-corrected chi connectivity index (χ4v) is 4.98. The number of phenols is 2. The molecule has 1 aromatic heterocycles. The number of benzene rings is 2. The van der Waals surface area contributed by atoms with Crippen molar-refractivity contribution in [1.82, 2.24) is 19.7 Å². The van der Waals surface area contributed by atoms with Gasteiger partial charge in [-0.15, -0.1) is 5.10 Å². The first kappa shape index (κ1) is 21.8. The summed E-state index contributed by atoms with van der Waals surface area (Å²) in [5.41, 5.74) is 4.93. The van der Waals surface area contributed by atoms with E-state index in [0.717, 1.165) is 43.7 Å². The Bertz CT molecular complexity index is 1150. The number of aryl methyl sites for hydroxylation is 2. The zero-order valence-electron chi connectivity index (χ0n) is 19.4. The number of aromatic hydroxyl groups is 2. The van der Waals surface area contributed by atoms with Gasteiger partial charge in [0.1, 0.15) is 18.1 Å². The Morgan fingerprint density at radius 3 is 2.52 bits per heavy atom. The Morgan fingerprint density at radius 1 is 0.939 bits per heavy atom. The molecule has 1 aliphatic heterocycles. The fourth-order valence-electron chi connectivity index (χ4n) is 4.98. The Labute approximate surface area is 194 Å². The predicted octanol–water partition coefficient (Wildman–Crippen LogP) is 4.43. The van der Waals surface area contributed by atoms with Gasteiger partial charge in [0.05, 0.1) is 11.3 Å². The number of rotatable bonds is 7. The lowest BCUT2D eigenvalue weighted by Crippen LogP contribution is -2.25. The Balaban J connectivity index is 1.55. The number of likely N-dealkylation sites (tertiary alicyclic amines) is 1. The maximum atomic E-state index is 10.7. The van der Waals surface area contributed by atoms with Crippen molar-refractivity contribution >= 4 is 0 Å². The quantitative estimate of drug-likeness (QED) is 0.556. The van der Waals surface area contributed by atoms with E-state index < -0.39 is 0 Å². The molecular formula is C26H32N4O3. The monoisotopic (exact) mass is 448 g/mol. The molecule has 3 aromatic rings. The average molecular weight is 449 g/mol. The van der Waals surface area contributed by atoms with Gasteiger partial charge in [0.25, 0.3) is 0 Å². The first-order valence-corrected chi connectivity index (χ1v) is 12.0. The van der Waals surface area contributed by atoms with Crippen LogP contribution in [0.1, 0.15) is 55.7 Å². The summed E-state index contributed by atoms with van der Waals surface area (Å²) in [6.07, 6.45) is 5.83. The molecule has 1 aliphatic carbocycles. The number of aromatic nitrogens is 3. The largest absolute Gasteiger partial charge is 0.508 e. The molecule has 7 heteroatoms. The Hall–Kier alpha value is -3.06. The molecule has 2 N–H and O–H groups in total. The summed E-state index contributed by atoms with van der Waals surface area (Å²) in [4.78, 5) is 2.40. The molecule has 1 saturated heterocycles. The fraction of sp³-hybridized carbons (Fsp3) is 0.462. The molecule has 2 aromatic carbocycles. The number of hydrogen-bond donors (Lipinski definition) is 2. The molecule has 2 heterocycles. The highest BCUT2D eigenvalue weighted by molar-refractivity contribution is 5.70. The van der Waals surface area contributed by atoms with Crippen molar-refractivity contribution in [3.63, 3.8) is 0 Å². The lowest BCUT2D eigenvalue weighted by Gasteiger charge is -2.17. The summed E-state index contributed by atoms with van der Waals surface area (Å²) in [7, 11) is 0. The van der Waals surface area contributed by atoms with Crippen LogP contribution >= 0.6 is 0 Å². The van der Waals surface area contributed by atoms with Crippen molar-refractivity contribution in [3.8, 4) is 34.6 Å². The second kappa shape index (κ2) is 9.06. The van der Waals surface area contributed by atoms with Gasteiger partial charge in [-0.05, 0) is 86.0 Å². The minimum Gasteiger partial charge on any atom is -0.508 e. The van der Waals surface area contributed by atoms with Gasteiger partial charge >= 0.3 is 6.01 Å². The van der Waals surface area contributed by atoms with E-state index in [1.54, 1.807) is 6.07 Å². The zero-order valence-corrected chi connectivity index (χ0v) is 19.4. The van der Waals surface area contributed by atoms with E-state index in [1.807, 2.05) is 18.4 Å². The van der Waals surface area contributed by atoms with E-state index in [1.165, 1.54) is 36.5 Å². The lowest BCUT2D eigenvalue weighted by molar-refractivity contribution is 0.222. The summed E-state index contributed by atoms with van der Waals surface area (Å²) in [6.45, 7) is 7.63. The third kappa shape index (κ3) is 4.29. The highest BCUT2D eigenvalue weighted by Gasteiger charge is 2.23. The summed E-state index contributed by atoms with van der Waals surface area (Å²) in [6, 6.07) is 10.0. The van der Waals surface area contributed by atoms with E-state index in [4.69, 9.17) is 4.74 Å². The van der Waals surface area contributed by atoms with Crippen LogP contribution in [0.3, 0.4) is 0 Å². The van der Waals surface area contributed by atoms with Gasteiger partial charge in [-0.2, -0.15) is 0 Å². The molecular weight excluding hydrogens is 416 g/mol. The summed E-state index contributed by atoms with van der Waals surface area (Å²) in [5.74, 6) is 0.646. The number of hydrogen-bond acceptors (Lipinski definition) is 6. The van der Waals surface area contributed by atoms with E-state index in [-0.39, 0.29) is 17.4 Å². The SMILES string of the molecule is CC(C)c1cc(-c2nnc(OCCN3CCCC3)n2-c2ccc3c(c2)CCC3)c(O)cc1O. The molecule has 7 nitrogen and oxygen atoms in total. The van der Waals surface area contributed by atoms with Gasteiger partial charge < -0.3 is 14.9 Å². The topological polar surface area (TPSA) is 83.6 Å². The smallest absolute Gasteiger partial charge is 0.322 e. The normalized spacial score (nSPS) is 16.0. The predicted molar refractivity (Wildman–Crippen MR) is 127 cm³/mol. The van der Waals surface area contributed by atoms with E-state index in [2.05, 4.69) is 33.3 Å². The average Bonchev–Trinajstić information content (AvgIpc) is 3.54. The van der Waals surface area contributed by atoms with Gasteiger partial charge in [0.15, 0.2) is 5.82 Å². The zero-order chi connectivity index (χ0) is 22.9. The molecule has 0 radical (unpaired) electrons. The minimum absolute atomic E-state index is 0.0321. The first-order chi connectivity index (χ1) is 16.0. The van der Waals surface area contributed by atoms with Crippen LogP contribution in [0, 0.1) is 0 Å². The Morgan fingerprint density at radius 2 is 1.73 bits per heavy atom. The number of fused-ring (bicyclic) bond motifs is 1. The van der Waals surface area contributed by atoms with Crippen LogP contribution in [0.25, 0.3) is 17.1 Å². The molecule has 0 atom stereocenters. The Kier molecular flexibility index (Phi) is 5.98. The van der Waals surface area contributed by atoms with Gasteiger partial charge in [-0.3, -0.25) is 4.90 Å². The van der Waals surface area contributed by atoms with E-state index in [0.29, 0.717) is 24.0 Å². The summed E-state index contributed by atoms with van der Waals surface area (Å²) >= 11 is 0. The molecule has 0 spiro atoms. The molecule has 5 rings (SSSR count). The van der Waals surface area contributed by atoms with Crippen LogP contribution in [0.2, 0.25) is 0 Å². The van der Waals surface area contributed by atoms with Crippen LogP contribution < -0.4 is 4.74 Å². The molecule has 2 aliphatic rings. The van der Waals surface area contributed by atoms with Gasteiger partial charge in [0, 0.05) is 12.6 Å². The van der Waals surface area contributed by atoms with Crippen LogP contribution in [0.5, 0.6) is 17.5 Å². The number of nitrogens with zero attached hydrogens (tertiary/aromatic N) is 4. The second-order valence-corrected chi connectivity index (χ2v) is 9.43. The molecule has 33 heavy (non-hydrogen) atoms. The number of phenolic OH excluding ortho intramolecular Hbond substituents is 2. The molecule has 0 saturated carbocycles. The maximum absolute atomic E-state index is 10.7. The summed E-state index contributed by atoms with van der Waals surface area (Å²) < 4.78 is 8.02. The van der Waals surface area contributed by atoms with Crippen molar-refractivity contribution in [1.29, 1.82) is 0 Å². The van der Waals surface area contributed by atoms with Crippen molar-refractivity contribution in [2.75, 3.05) is 26.2 Å². The molecule has 0 amide bonds. The van der Waals surface area contributed by atoms with Crippen LogP contribution in [0.15, 0.2) is 30.3 Å². The highest BCUT2D eigenvalue weighted by Crippen LogP contribution is 2.39. The van der Waals surface area contributed by atoms with E-state index >= 15 is 0 Å². The molecule has 0 unspecified atom stereocenters. The van der Waals surface area contributed by atoms with Gasteiger partial charge in [-0.25, -0.2) is 4.57 Å². The first-order valence-electron chi connectivity index (χ1n) is 12.0. The van der Waals surface area contributed by atoms with Crippen LogP contribution in [-0.4, -0.2) is 56.1 Å². The van der Waals surface area contributed by atoms with Crippen molar-refractivity contribution in [2.45, 2.75) is 51.9 Å². The third-order valence-corrected chi connectivity index (χ3v) is 6.82. The molecule has 0 bridgehead atoms. The molecule has 174 valence electrons. The highest BCUT2D eigenvalue weighted by atomic mass is 16.5. The van der Waals surface area contributed by atoms with Gasteiger partial charge in [-0.1, -0.05) is 25.0 Å². The summed E-state index contributed by atoms with van der Waals surface area (Å²) in [5, 5.41) is 29.8. The van der Waals surface area contributed by atoms with Crippen LogP contribution in [0.4, 0.5) is 0 Å².